The minimum Gasteiger partial charge on any atom is -0.383 e. The van der Waals surface area contributed by atoms with E-state index in [0.717, 1.165) is 28.8 Å². The molecule has 2 heterocycles. The van der Waals surface area contributed by atoms with E-state index in [1.165, 1.54) is 5.56 Å². The van der Waals surface area contributed by atoms with Crippen LogP contribution in [0.15, 0.2) is 48.9 Å². The van der Waals surface area contributed by atoms with E-state index in [0.29, 0.717) is 5.82 Å². The Kier molecular flexibility index (Phi) is 3.44. The van der Waals surface area contributed by atoms with E-state index < -0.39 is 0 Å². The highest BCUT2D eigenvalue weighted by atomic mass is 15.3. The number of benzene rings is 1. The predicted molar refractivity (Wildman–Crippen MR) is 85.7 cm³/mol. The number of aryl methyl sites for hydroxylation is 2. The summed E-state index contributed by atoms with van der Waals surface area (Å²) in [4.78, 5) is 4.33. The van der Waals surface area contributed by atoms with Gasteiger partial charge in [-0.25, -0.2) is 4.98 Å². The Balaban J connectivity index is 2.05. The van der Waals surface area contributed by atoms with E-state index in [-0.39, 0.29) is 0 Å². The Morgan fingerprint density at radius 3 is 2.48 bits per heavy atom. The van der Waals surface area contributed by atoms with Crippen molar-refractivity contribution in [3.8, 4) is 22.3 Å². The van der Waals surface area contributed by atoms with Crippen molar-refractivity contribution in [1.82, 2.24) is 14.8 Å². The molecule has 0 saturated heterocycles. The van der Waals surface area contributed by atoms with Gasteiger partial charge in [-0.3, -0.25) is 4.68 Å². The van der Waals surface area contributed by atoms with Crippen LogP contribution in [0.25, 0.3) is 22.3 Å². The summed E-state index contributed by atoms with van der Waals surface area (Å²) in [5.74, 6) is 0.529. The molecule has 0 unspecified atom stereocenters. The molecule has 0 amide bonds. The van der Waals surface area contributed by atoms with E-state index in [9.17, 15) is 0 Å². The van der Waals surface area contributed by atoms with Gasteiger partial charge >= 0.3 is 0 Å². The molecule has 1 aromatic carbocycles. The van der Waals surface area contributed by atoms with Crippen LogP contribution in [0.2, 0.25) is 0 Å². The molecule has 3 rings (SSSR count). The molecule has 2 N–H and O–H groups in total. The first-order valence-electron chi connectivity index (χ1n) is 7.02. The zero-order chi connectivity index (χ0) is 14.8. The van der Waals surface area contributed by atoms with Crippen LogP contribution < -0.4 is 5.73 Å². The van der Waals surface area contributed by atoms with Gasteiger partial charge in [0.2, 0.25) is 0 Å². The first kappa shape index (κ1) is 13.4. The number of hydrogen-bond acceptors (Lipinski definition) is 3. The summed E-state index contributed by atoms with van der Waals surface area (Å²) >= 11 is 0. The molecule has 0 fully saturated rings. The topological polar surface area (TPSA) is 56.7 Å². The van der Waals surface area contributed by atoms with E-state index in [1.54, 1.807) is 0 Å². The summed E-state index contributed by atoms with van der Waals surface area (Å²) in [6.07, 6.45) is 5.63. The molecular weight excluding hydrogens is 260 g/mol. The average molecular weight is 278 g/mol. The molecule has 0 bridgehead atoms. The van der Waals surface area contributed by atoms with Crippen LogP contribution in [0.4, 0.5) is 5.82 Å². The van der Waals surface area contributed by atoms with Crippen molar-refractivity contribution < 1.29 is 0 Å². The minimum atomic E-state index is 0.529. The SMILES string of the molecule is CCn1cc(-c2cc(-c3ccc(C)cc3)cnc2N)cn1. The van der Waals surface area contributed by atoms with Crippen molar-refractivity contribution in [2.24, 2.45) is 0 Å². The van der Waals surface area contributed by atoms with Crippen molar-refractivity contribution in [2.45, 2.75) is 20.4 Å². The highest BCUT2D eigenvalue weighted by Gasteiger charge is 2.09. The van der Waals surface area contributed by atoms with Gasteiger partial charge in [-0.1, -0.05) is 29.8 Å². The van der Waals surface area contributed by atoms with Crippen LogP contribution in [0.3, 0.4) is 0 Å². The number of anilines is 1. The van der Waals surface area contributed by atoms with E-state index in [2.05, 4.69) is 54.3 Å². The normalized spacial score (nSPS) is 10.8. The third-order valence-corrected chi connectivity index (χ3v) is 3.57. The average Bonchev–Trinajstić information content (AvgIpc) is 2.97. The molecule has 0 atom stereocenters. The van der Waals surface area contributed by atoms with Crippen LogP contribution in [0.1, 0.15) is 12.5 Å². The number of pyridine rings is 1. The third-order valence-electron chi connectivity index (χ3n) is 3.57. The first-order chi connectivity index (χ1) is 10.2. The van der Waals surface area contributed by atoms with Crippen molar-refractivity contribution in [3.05, 3.63) is 54.5 Å². The number of rotatable bonds is 3. The Morgan fingerprint density at radius 2 is 1.81 bits per heavy atom. The Bertz CT molecular complexity index is 757. The lowest BCUT2D eigenvalue weighted by molar-refractivity contribution is 0.660. The number of hydrogen-bond donors (Lipinski definition) is 1. The smallest absolute Gasteiger partial charge is 0.131 e. The van der Waals surface area contributed by atoms with Crippen molar-refractivity contribution in [3.63, 3.8) is 0 Å². The summed E-state index contributed by atoms with van der Waals surface area (Å²) in [5.41, 5.74) is 11.4. The Labute approximate surface area is 124 Å². The molecule has 0 aliphatic rings. The third kappa shape index (κ3) is 2.65. The fraction of sp³-hybridized carbons (Fsp3) is 0.176. The summed E-state index contributed by atoms with van der Waals surface area (Å²) in [5, 5.41) is 4.30. The lowest BCUT2D eigenvalue weighted by Gasteiger charge is -2.07. The maximum Gasteiger partial charge on any atom is 0.131 e. The largest absolute Gasteiger partial charge is 0.383 e. The zero-order valence-electron chi connectivity index (χ0n) is 12.2. The number of aromatic nitrogens is 3. The zero-order valence-corrected chi connectivity index (χ0v) is 12.2. The summed E-state index contributed by atoms with van der Waals surface area (Å²) in [6, 6.07) is 10.5. The van der Waals surface area contributed by atoms with Gasteiger partial charge in [-0.05, 0) is 25.5 Å². The van der Waals surface area contributed by atoms with E-state index in [1.807, 2.05) is 23.3 Å². The Hall–Kier alpha value is -2.62. The van der Waals surface area contributed by atoms with Gasteiger partial charge in [0.25, 0.3) is 0 Å². The van der Waals surface area contributed by atoms with Crippen molar-refractivity contribution >= 4 is 5.82 Å². The molecule has 2 aromatic heterocycles. The van der Waals surface area contributed by atoms with Gasteiger partial charge in [-0.15, -0.1) is 0 Å². The number of nitrogen functional groups attached to an aromatic ring is 1. The lowest BCUT2D eigenvalue weighted by atomic mass is 10.0. The van der Waals surface area contributed by atoms with Gasteiger partial charge in [0.15, 0.2) is 0 Å². The molecule has 0 spiro atoms. The minimum absolute atomic E-state index is 0.529. The predicted octanol–water partition coefficient (Wildman–Crippen LogP) is 3.52. The fourth-order valence-corrected chi connectivity index (χ4v) is 2.29. The van der Waals surface area contributed by atoms with E-state index >= 15 is 0 Å². The summed E-state index contributed by atoms with van der Waals surface area (Å²) < 4.78 is 1.88. The molecule has 0 saturated carbocycles. The van der Waals surface area contributed by atoms with E-state index in [4.69, 9.17) is 5.73 Å². The summed E-state index contributed by atoms with van der Waals surface area (Å²) in [7, 11) is 0. The van der Waals surface area contributed by atoms with Gasteiger partial charge in [0.1, 0.15) is 5.82 Å². The van der Waals surface area contributed by atoms with Crippen LogP contribution in [-0.4, -0.2) is 14.8 Å². The van der Waals surface area contributed by atoms with Crippen LogP contribution in [-0.2, 0) is 6.54 Å². The highest BCUT2D eigenvalue weighted by Crippen LogP contribution is 2.29. The molecule has 0 aliphatic heterocycles. The molecular formula is C17H18N4. The van der Waals surface area contributed by atoms with Gasteiger partial charge in [0.05, 0.1) is 6.20 Å². The second-order valence-electron chi connectivity index (χ2n) is 5.11. The maximum absolute atomic E-state index is 6.03. The second-order valence-corrected chi connectivity index (χ2v) is 5.11. The molecule has 106 valence electrons. The van der Waals surface area contributed by atoms with Crippen LogP contribution in [0.5, 0.6) is 0 Å². The molecule has 4 heteroatoms. The number of nitrogens with zero attached hydrogens (tertiary/aromatic N) is 3. The molecule has 21 heavy (non-hydrogen) atoms. The van der Waals surface area contributed by atoms with Crippen LogP contribution in [0, 0.1) is 6.92 Å². The maximum atomic E-state index is 6.03. The van der Waals surface area contributed by atoms with Crippen molar-refractivity contribution in [1.29, 1.82) is 0 Å². The van der Waals surface area contributed by atoms with Gasteiger partial charge in [-0.2, -0.15) is 5.10 Å². The monoisotopic (exact) mass is 278 g/mol. The molecule has 4 nitrogen and oxygen atoms in total. The molecule has 0 aliphatic carbocycles. The first-order valence-corrected chi connectivity index (χ1v) is 7.02. The standard InChI is InChI=1S/C17H18N4/c1-3-21-11-15(10-20-21)16-8-14(9-19-17(16)18)13-6-4-12(2)5-7-13/h4-11H,3H2,1-2H3,(H2,18,19). The van der Waals surface area contributed by atoms with Gasteiger partial charge < -0.3 is 5.73 Å². The van der Waals surface area contributed by atoms with Gasteiger partial charge in [0, 0.05) is 35.6 Å². The van der Waals surface area contributed by atoms with Crippen LogP contribution >= 0.6 is 0 Å². The quantitative estimate of drug-likeness (QED) is 0.797. The summed E-state index contributed by atoms with van der Waals surface area (Å²) in [6.45, 7) is 4.97. The molecule has 3 aromatic rings. The number of nitrogens with two attached hydrogens (primary N) is 1. The van der Waals surface area contributed by atoms with Crippen molar-refractivity contribution in [2.75, 3.05) is 5.73 Å². The molecule has 0 radical (unpaired) electrons. The highest BCUT2D eigenvalue weighted by molar-refractivity contribution is 5.78. The fourth-order valence-electron chi connectivity index (χ4n) is 2.29. The Morgan fingerprint density at radius 1 is 1.05 bits per heavy atom. The second kappa shape index (κ2) is 5.40. The lowest BCUT2D eigenvalue weighted by Crippen LogP contribution is -1.95.